The van der Waals surface area contributed by atoms with E-state index in [-0.39, 0.29) is 5.76 Å². The summed E-state index contributed by atoms with van der Waals surface area (Å²) in [4.78, 5) is 15.8. The second kappa shape index (κ2) is 7.40. The number of rotatable bonds is 5. The van der Waals surface area contributed by atoms with Crippen molar-refractivity contribution < 1.29 is 13.9 Å². The van der Waals surface area contributed by atoms with Crippen LogP contribution in [0.1, 0.15) is 23.0 Å². The highest BCUT2D eigenvalue weighted by Gasteiger charge is 2.12. The number of nitrogens with one attached hydrogen (secondary N) is 2. The molecule has 2 N–H and O–H groups in total. The van der Waals surface area contributed by atoms with Gasteiger partial charge in [0, 0.05) is 27.2 Å². The number of aromatic nitrogens is 1. The zero-order chi connectivity index (χ0) is 20.5. The van der Waals surface area contributed by atoms with E-state index in [1.54, 1.807) is 18.3 Å². The van der Waals surface area contributed by atoms with Gasteiger partial charge in [-0.3, -0.25) is 4.79 Å². The Bertz CT molecular complexity index is 1410. The molecule has 0 fully saturated rings. The smallest absolute Gasteiger partial charge is 0.307 e. The van der Waals surface area contributed by atoms with E-state index in [1.807, 2.05) is 55.5 Å². The van der Waals surface area contributed by atoms with Crippen LogP contribution in [0.15, 0.2) is 76.2 Å². The Morgan fingerprint density at radius 3 is 2.83 bits per heavy atom. The Morgan fingerprint density at radius 1 is 1.07 bits per heavy atom. The van der Waals surface area contributed by atoms with E-state index in [4.69, 9.17) is 9.15 Å². The van der Waals surface area contributed by atoms with Gasteiger partial charge in [0.15, 0.2) is 5.76 Å². The lowest BCUT2D eigenvalue weighted by Gasteiger charge is -2.00. The molecule has 30 heavy (non-hydrogen) atoms. The number of amides is 1. The van der Waals surface area contributed by atoms with Gasteiger partial charge in [-0.15, -0.1) is 0 Å². The van der Waals surface area contributed by atoms with Crippen molar-refractivity contribution in [3.8, 4) is 5.75 Å². The van der Waals surface area contributed by atoms with Crippen LogP contribution in [-0.4, -0.2) is 23.7 Å². The van der Waals surface area contributed by atoms with E-state index in [2.05, 4.69) is 21.6 Å². The van der Waals surface area contributed by atoms with Gasteiger partial charge in [-0.25, -0.2) is 5.43 Å². The number of carbonyl (C=O) groups excluding carboxylic acids is 1. The number of carbonyl (C=O) groups is 1. The van der Waals surface area contributed by atoms with Crippen molar-refractivity contribution in [2.45, 2.75) is 6.92 Å². The number of aromatic amines is 1. The van der Waals surface area contributed by atoms with Crippen molar-refractivity contribution in [2.75, 3.05) is 6.61 Å². The molecule has 5 aromatic rings. The molecule has 5 rings (SSSR count). The largest absolute Gasteiger partial charge is 0.494 e. The second-order valence-corrected chi connectivity index (χ2v) is 6.92. The van der Waals surface area contributed by atoms with E-state index >= 15 is 0 Å². The summed E-state index contributed by atoms with van der Waals surface area (Å²) in [6.07, 6.45) is 1.62. The quantitative estimate of drug-likeness (QED) is 0.315. The van der Waals surface area contributed by atoms with E-state index in [9.17, 15) is 4.79 Å². The van der Waals surface area contributed by atoms with Gasteiger partial charge in [0.1, 0.15) is 11.3 Å². The summed E-state index contributed by atoms with van der Waals surface area (Å²) in [6, 6.07) is 21.3. The number of ether oxygens (including phenoxy) is 1. The number of fused-ring (bicyclic) bond motifs is 4. The predicted octanol–water partition coefficient (Wildman–Crippen LogP) is 5.23. The maximum atomic E-state index is 12.4. The van der Waals surface area contributed by atoms with Crippen LogP contribution in [0.5, 0.6) is 5.75 Å². The Morgan fingerprint density at radius 2 is 1.93 bits per heavy atom. The highest BCUT2D eigenvalue weighted by atomic mass is 16.5. The number of furan rings is 1. The molecule has 0 bridgehead atoms. The summed E-state index contributed by atoms with van der Waals surface area (Å²) >= 11 is 0. The van der Waals surface area contributed by atoms with Crippen molar-refractivity contribution in [1.82, 2.24) is 10.4 Å². The molecule has 0 aliphatic heterocycles. The minimum atomic E-state index is -0.409. The first-order valence-electron chi connectivity index (χ1n) is 9.71. The summed E-state index contributed by atoms with van der Waals surface area (Å²) in [5.41, 5.74) is 6.19. The molecule has 6 heteroatoms. The van der Waals surface area contributed by atoms with Crippen LogP contribution in [0.2, 0.25) is 0 Å². The fraction of sp³-hybridized carbons (Fsp3) is 0.0833. The standard InChI is InChI=1S/C24H19N3O3/c1-2-29-17-8-10-22-16(12-17)13-23(30-22)24(28)27-25-14-15-7-9-21-19(11-15)18-5-3-4-6-20(18)26-21/h3-14,26H,2H2,1H3,(H,27,28)/b25-14+. The minimum Gasteiger partial charge on any atom is -0.494 e. The second-order valence-electron chi connectivity index (χ2n) is 6.92. The monoisotopic (exact) mass is 397 g/mol. The summed E-state index contributed by atoms with van der Waals surface area (Å²) in [7, 11) is 0. The summed E-state index contributed by atoms with van der Waals surface area (Å²) < 4.78 is 11.1. The molecule has 0 aliphatic carbocycles. The van der Waals surface area contributed by atoms with Crippen LogP contribution in [0.4, 0.5) is 0 Å². The van der Waals surface area contributed by atoms with Crippen LogP contribution in [0, 0.1) is 0 Å². The third-order valence-electron chi connectivity index (χ3n) is 4.93. The maximum Gasteiger partial charge on any atom is 0.307 e. The summed E-state index contributed by atoms with van der Waals surface area (Å²) in [6.45, 7) is 2.50. The molecule has 0 aliphatic rings. The van der Waals surface area contributed by atoms with E-state index in [0.29, 0.717) is 12.2 Å². The number of benzene rings is 3. The molecule has 148 valence electrons. The third kappa shape index (κ3) is 3.28. The molecule has 0 spiro atoms. The van der Waals surface area contributed by atoms with Crippen LogP contribution < -0.4 is 10.2 Å². The number of hydrogen-bond acceptors (Lipinski definition) is 4. The van der Waals surface area contributed by atoms with Gasteiger partial charge >= 0.3 is 5.91 Å². The average molecular weight is 397 g/mol. The Kier molecular flexibility index (Phi) is 4.44. The summed E-state index contributed by atoms with van der Waals surface area (Å²) in [5.74, 6) is 0.528. The molecule has 0 saturated heterocycles. The molecule has 6 nitrogen and oxygen atoms in total. The van der Waals surface area contributed by atoms with Crippen LogP contribution in [-0.2, 0) is 0 Å². The highest BCUT2D eigenvalue weighted by molar-refractivity contribution is 6.08. The van der Waals surface area contributed by atoms with Gasteiger partial charge in [0.2, 0.25) is 0 Å². The zero-order valence-corrected chi connectivity index (χ0v) is 16.3. The van der Waals surface area contributed by atoms with Gasteiger partial charge in [0.25, 0.3) is 0 Å². The number of hydrogen-bond donors (Lipinski definition) is 2. The minimum absolute atomic E-state index is 0.197. The van der Waals surface area contributed by atoms with Crippen LogP contribution in [0.25, 0.3) is 32.8 Å². The fourth-order valence-electron chi connectivity index (χ4n) is 3.56. The van der Waals surface area contributed by atoms with Gasteiger partial charge < -0.3 is 14.1 Å². The maximum absolute atomic E-state index is 12.4. The lowest BCUT2D eigenvalue weighted by molar-refractivity contribution is 0.0929. The van der Waals surface area contributed by atoms with E-state index in [0.717, 1.165) is 38.5 Å². The molecule has 2 heterocycles. The Balaban J connectivity index is 1.34. The zero-order valence-electron chi connectivity index (χ0n) is 16.3. The van der Waals surface area contributed by atoms with Gasteiger partial charge in [-0.2, -0.15) is 5.10 Å². The lowest BCUT2D eigenvalue weighted by Crippen LogP contribution is -2.16. The first-order chi connectivity index (χ1) is 14.7. The normalized spacial score (nSPS) is 11.6. The summed E-state index contributed by atoms with van der Waals surface area (Å²) in [5, 5.41) is 7.16. The van der Waals surface area contributed by atoms with E-state index in [1.165, 1.54) is 0 Å². The third-order valence-corrected chi connectivity index (χ3v) is 4.93. The van der Waals surface area contributed by atoms with E-state index < -0.39 is 5.91 Å². The lowest BCUT2D eigenvalue weighted by atomic mass is 10.1. The van der Waals surface area contributed by atoms with Crippen molar-refractivity contribution in [3.63, 3.8) is 0 Å². The molecule has 3 aromatic carbocycles. The van der Waals surface area contributed by atoms with Crippen molar-refractivity contribution in [2.24, 2.45) is 5.10 Å². The average Bonchev–Trinajstić information content (AvgIpc) is 3.35. The number of H-pyrrole nitrogens is 1. The number of nitrogens with zero attached hydrogens (tertiary/aromatic N) is 1. The fourth-order valence-corrected chi connectivity index (χ4v) is 3.56. The predicted molar refractivity (Wildman–Crippen MR) is 118 cm³/mol. The SMILES string of the molecule is CCOc1ccc2oc(C(=O)N/N=C/c3ccc4[nH]c5ccccc5c4c3)cc2c1. The van der Waals surface area contributed by atoms with Crippen molar-refractivity contribution in [3.05, 3.63) is 78.1 Å². The van der Waals surface area contributed by atoms with Crippen LogP contribution in [0.3, 0.4) is 0 Å². The van der Waals surface area contributed by atoms with Gasteiger partial charge in [-0.1, -0.05) is 24.3 Å². The number of para-hydroxylation sites is 1. The Labute approximate surface area is 172 Å². The molecule has 2 aromatic heterocycles. The molecular weight excluding hydrogens is 378 g/mol. The molecular formula is C24H19N3O3. The Hall–Kier alpha value is -4.06. The molecule has 0 atom stereocenters. The van der Waals surface area contributed by atoms with Crippen molar-refractivity contribution in [1.29, 1.82) is 0 Å². The molecule has 0 radical (unpaired) electrons. The van der Waals surface area contributed by atoms with Gasteiger partial charge in [-0.05, 0) is 55.0 Å². The molecule has 0 saturated carbocycles. The molecule has 0 unspecified atom stereocenters. The van der Waals surface area contributed by atoms with Crippen LogP contribution >= 0.6 is 0 Å². The highest BCUT2D eigenvalue weighted by Crippen LogP contribution is 2.26. The topological polar surface area (TPSA) is 79.6 Å². The first-order valence-corrected chi connectivity index (χ1v) is 9.71. The first kappa shape index (κ1) is 18.0. The molecule has 1 amide bonds. The number of hydrazone groups is 1. The van der Waals surface area contributed by atoms with Gasteiger partial charge in [0.05, 0.1) is 12.8 Å². The van der Waals surface area contributed by atoms with Crippen molar-refractivity contribution >= 4 is 44.9 Å².